The highest BCUT2D eigenvalue weighted by Gasteiger charge is 2.43. The Kier molecular flexibility index (Phi) is 5.33. The van der Waals surface area contributed by atoms with Gasteiger partial charge in [0.15, 0.2) is 0 Å². The van der Waals surface area contributed by atoms with Crippen LogP contribution in [0.3, 0.4) is 0 Å². The van der Waals surface area contributed by atoms with Gasteiger partial charge >= 0.3 is 0 Å². The van der Waals surface area contributed by atoms with Crippen molar-refractivity contribution in [3.63, 3.8) is 0 Å². The molecule has 1 saturated carbocycles. The first-order valence-electron chi connectivity index (χ1n) is 10.9. The molecule has 1 aliphatic heterocycles. The fraction of sp³-hybridized carbons (Fsp3) is 0.320. The first kappa shape index (κ1) is 20.5. The maximum Gasteiger partial charge on any atom is 0.267 e. The molecule has 2 heterocycles. The third kappa shape index (κ3) is 3.61. The summed E-state index contributed by atoms with van der Waals surface area (Å²) in [7, 11) is 0. The Labute approximate surface area is 184 Å². The van der Waals surface area contributed by atoms with E-state index in [0.29, 0.717) is 13.1 Å². The Morgan fingerprint density at radius 3 is 2.19 bits per heavy atom. The quantitative estimate of drug-likeness (QED) is 0.616. The highest BCUT2D eigenvalue weighted by Crippen LogP contribution is 2.42. The van der Waals surface area contributed by atoms with Crippen LogP contribution in [0.2, 0.25) is 0 Å². The van der Waals surface area contributed by atoms with Crippen molar-refractivity contribution in [2.45, 2.75) is 25.3 Å². The van der Waals surface area contributed by atoms with Crippen molar-refractivity contribution in [1.82, 2.24) is 14.7 Å². The number of amides is 1. The van der Waals surface area contributed by atoms with Gasteiger partial charge in [0, 0.05) is 24.7 Å². The molecule has 1 saturated heterocycles. The molecular formula is C25H23F2N3O2. The molecule has 0 spiro atoms. The van der Waals surface area contributed by atoms with Crippen molar-refractivity contribution in [3.8, 4) is 11.3 Å². The maximum atomic E-state index is 14.2. The van der Waals surface area contributed by atoms with Gasteiger partial charge in [0.1, 0.15) is 17.2 Å². The molecule has 0 N–H and O–H groups in total. The summed E-state index contributed by atoms with van der Waals surface area (Å²) in [6.45, 7) is 0.689. The molecule has 0 radical (unpaired) electrons. The Balaban J connectivity index is 1.46. The van der Waals surface area contributed by atoms with E-state index in [9.17, 15) is 18.4 Å². The van der Waals surface area contributed by atoms with Crippen LogP contribution in [0.25, 0.3) is 11.3 Å². The predicted molar refractivity (Wildman–Crippen MR) is 116 cm³/mol. The molecule has 2 bridgehead atoms. The lowest BCUT2D eigenvalue weighted by Gasteiger charge is -2.47. The fourth-order valence-electron chi connectivity index (χ4n) is 5.24. The third-order valence-electron chi connectivity index (χ3n) is 6.67. The number of nitrogens with zero attached hydrogens (tertiary/aromatic N) is 3. The van der Waals surface area contributed by atoms with E-state index in [0.717, 1.165) is 42.7 Å². The summed E-state index contributed by atoms with van der Waals surface area (Å²) in [5, 5.41) is 4.69. The summed E-state index contributed by atoms with van der Waals surface area (Å²) in [4.78, 5) is 27.3. The summed E-state index contributed by atoms with van der Waals surface area (Å²) in [6.07, 6.45) is 2.65. The molecule has 2 aliphatic rings. The van der Waals surface area contributed by atoms with E-state index < -0.39 is 23.1 Å². The van der Waals surface area contributed by atoms with Gasteiger partial charge in [-0.1, -0.05) is 42.8 Å². The first-order chi connectivity index (χ1) is 15.5. The number of aromatic nitrogens is 2. The third-order valence-corrected chi connectivity index (χ3v) is 6.67. The molecule has 0 unspecified atom stereocenters. The van der Waals surface area contributed by atoms with E-state index in [1.807, 2.05) is 30.3 Å². The lowest BCUT2D eigenvalue weighted by molar-refractivity contribution is 0.0190. The van der Waals surface area contributed by atoms with Gasteiger partial charge in [0.25, 0.3) is 11.5 Å². The standard InChI is InChI=1S/C25H23F2N3O2/c26-19-10-5-11-20(27)23(19)25(32)29-14-17-8-4-9-18(15-29)24(17)30-22(31)13-12-21(28-30)16-6-2-1-3-7-16/h1-3,5-7,10-13,17-18,24H,4,8-9,14-15H2/t17-,18-/m1/s1. The van der Waals surface area contributed by atoms with Gasteiger partial charge in [-0.05, 0) is 42.9 Å². The molecule has 5 rings (SSSR count). The molecule has 32 heavy (non-hydrogen) atoms. The smallest absolute Gasteiger partial charge is 0.267 e. The number of halogens is 2. The van der Waals surface area contributed by atoms with Gasteiger partial charge in [-0.3, -0.25) is 9.59 Å². The Hall–Kier alpha value is -3.35. The highest BCUT2D eigenvalue weighted by atomic mass is 19.1. The summed E-state index contributed by atoms with van der Waals surface area (Å²) >= 11 is 0. The van der Waals surface area contributed by atoms with Gasteiger partial charge in [-0.15, -0.1) is 0 Å². The zero-order valence-electron chi connectivity index (χ0n) is 17.5. The minimum absolute atomic E-state index is 0.00231. The molecule has 2 fully saturated rings. The van der Waals surface area contributed by atoms with Crippen LogP contribution in [0, 0.1) is 23.5 Å². The molecular weight excluding hydrogens is 412 g/mol. The van der Waals surface area contributed by atoms with Crippen LogP contribution in [-0.2, 0) is 0 Å². The predicted octanol–water partition coefficient (Wildman–Crippen LogP) is 4.30. The van der Waals surface area contributed by atoms with Gasteiger partial charge in [-0.25, -0.2) is 13.5 Å². The number of likely N-dealkylation sites (tertiary alicyclic amines) is 1. The Bertz CT molecular complexity index is 1180. The minimum Gasteiger partial charge on any atom is -0.338 e. The second-order valence-corrected chi connectivity index (χ2v) is 8.62. The van der Waals surface area contributed by atoms with Crippen LogP contribution < -0.4 is 5.56 Å². The van der Waals surface area contributed by atoms with Crippen LogP contribution in [-0.4, -0.2) is 33.7 Å². The van der Waals surface area contributed by atoms with Crippen LogP contribution in [0.5, 0.6) is 0 Å². The lowest BCUT2D eigenvalue weighted by Crippen LogP contribution is -2.53. The van der Waals surface area contributed by atoms with Crippen molar-refractivity contribution in [2.24, 2.45) is 11.8 Å². The van der Waals surface area contributed by atoms with Crippen LogP contribution in [0.1, 0.15) is 35.7 Å². The zero-order valence-corrected chi connectivity index (χ0v) is 17.5. The number of carbonyl (C=O) groups is 1. The second kappa shape index (κ2) is 8.30. The van der Waals surface area contributed by atoms with Gasteiger partial charge < -0.3 is 4.90 Å². The average molecular weight is 435 g/mol. The summed E-state index contributed by atoms with van der Waals surface area (Å²) in [6, 6.07) is 16.2. The molecule has 1 amide bonds. The molecule has 7 heteroatoms. The topological polar surface area (TPSA) is 55.2 Å². The first-order valence-corrected chi connectivity index (χ1v) is 10.9. The SMILES string of the molecule is O=C(c1c(F)cccc1F)N1C[C@H]2CCC[C@H](C1)C2n1nc(-c2ccccc2)ccc1=O. The zero-order chi connectivity index (χ0) is 22.2. The minimum atomic E-state index is -0.851. The van der Waals surface area contributed by atoms with Crippen LogP contribution in [0.4, 0.5) is 8.78 Å². The molecule has 1 aromatic heterocycles. The van der Waals surface area contributed by atoms with Crippen LogP contribution >= 0.6 is 0 Å². The maximum absolute atomic E-state index is 14.2. The van der Waals surface area contributed by atoms with E-state index in [-0.39, 0.29) is 23.4 Å². The van der Waals surface area contributed by atoms with Gasteiger partial charge in [0.2, 0.25) is 0 Å². The molecule has 1 aliphatic carbocycles. The lowest BCUT2D eigenvalue weighted by atomic mass is 9.73. The van der Waals surface area contributed by atoms with Crippen molar-refractivity contribution in [2.75, 3.05) is 13.1 Å². The van der Waals surface area contributed by atoms with Crippen LogP contribution in [0.15, 0.2) is 65.5 Å². The average Bonchev–Trinajstić information content (AvgIpc) is 2.79. The Morgan fingerprint density at radius 1 is 0.875 bits per heavy atom. The van der Waals surface area contributed by atoms with Crippen molar-refractivity contribution in [3.05, 3.63) is 88.2 Å². The number of benzene rings is 2. The van der Waals surface area contributed by atoms with E-state index in [1.165, 1.54) is 12.1 Å². The molecule has 2 atom stereocenters. The number of rotatable bonds is 3. The summed E-state index contributed by atoms with van der Waals surface area (Å²) in [5.41, 5.74) is 0.959. The second-order valence-electron chi connectivity index (χ2n) is 8.62. The molecule has 5 nitrogen and oxygen atoms in total. The van der Waals surface area contributed by atoms with Crippen molar-refractivity contribution >= 4 is 5.91 Å². The summed E-state index contributed by atoms with van der Waals surface area (Å²) < 4.78 is 30.0. The number of fused-ring (bicyclic) bond motifs is 2. The molecule has 2 aromatic carbocycles. The van der Waals surface area contributed by atoms with E-state index in [1.54, 1.807) is 15.6 Å². The Morgan fingerprint density at radius 2 is 1.53 bits per heavy atom. The largest absolute Gasteiger partial charge is 0.338 e. The molecule has 164 valence electrons. The van der Waals surface area contributed by atoms with Crippen molar-refractivity contribution < 1.29 is 13.6 Å². The van der Waals surface area contributed by atoms with Crippen molar-refractivity contribution in [1.29, 1.82) is 0 Å². The fourth-order valence-corrected chi connectivity index (χ4v) is 5.24. The monoisotopic (exact) mass is 435 g/mol. The van der Waals surface area contributed by atoms with E-state index in [2.05, 4.69) is 5.10 Å². The van der Waals surface area contributed by atoms with E-state index in [4.69, 9.17) is 0 Å². The molecule has 3 aromatic rings. The number of carbonyl (C=O) groups excluding carboxylic acids is 1. The number of hydrogen-bond acceptors (Lipinski definition) is 3. The van der Waals surface area contributed by atoms with E-state index >= 15 is 0 Å². The van der Waals surface area contributed by atoms with Gasteiger partial charge in [-0.2, -0.15) is 5.10 Å². The number of piperidine rings is 1. The summed E-state index contributed by atoms with van der Waals surface area (Å²) in [5.74, 6) is -2.34. The normalized spacial score (nSPS) is 22.6. The van der Waals surface area contributed by atoms with Gasteiger partial charge in [0.05, 0.1) is 11.7 Å². The highest BCUT2D eigenvalue weighted by molar-refractivity contribution is 5.94. The number of hydrogen-bond donors (Lipinski definition) is 0.